The number of aryl methyl sites for hydroxylation is 1. The van der Waals surface area contributed by atoms with E-state index in [-0.39, 0.29) is 23.9 Å². The van der Waals surface area contributed by atoms with Crippen LogP contribution in [-0.4, -0.2) is 31.4 Å². The minimum Gasteiger partial charge on any atom is -0.352 e. The first kappa shape index (κ1) is 19.9. The van der Waals surface area contributed by atoms with Crippen molar-refractivity contribution >= 4 is 29.9 Å². The fraction of sp³-hybridized carbons (Fsp3) is 0.263. The van der Waals surface area contributed by atoms with Gasteiger partial charge in [0, 0.05) is 25.6 Å². The van der Waals surface area contributed by atoms with Crippen LogP contribution in [0, 0.1) is 18.7 Å². The molecule has 138 valence electrons. The summed E-state index contributed by atoms with van der Waals surface area (Å²) in [5, 5.41) is 8.72. The van der Waals surface area contributed by atoms with E-state index in [0.29, 0.717) is 23.7 Å². The highest BCUT2D eigenvalue weighted by atomic mass is 35.5. The molecule has 0 saturated carbocycles. The average molecular weight is 378 g/mol. The Hall–Kier alpha value is -2.44. The van der Waals surface area contributed by atoms with E-state index in [0.717, 1.165) is 18.7 Å². The first-order valence-electron chi connectivity index (χ1n) is 8.20. The molecule has 0 radical (unpaired) electrons. The molecule has 0 unspecified atom stereocenters. The summed E-state index contributed by atoms with van der Waals surface area (Å²) in [5.74, 6) is -0.994. The third kappa shape index (κ3) is 4.39. The van der Waals surface area contributed by atoms with Crippen LogP contribution in [0.4, 0.5) is 10.1 Å². The molecule has 0 aromatic heterocycles. The molecule has 0 spiro atoms. The lowest BCUT2D eigenvalue weighted by molar-refractivity contribution is 0.0943. The van der Waals surface area contributed by atoms with Gasteiger partial charge in [-0.3, -0.25) is 9.59 Å². The van der Waals surface area contributed by atoms with Crippen LogP contribution in [0.3, 0.4) is 0 Å². The molecule has 5 nitrogen and oxygen atoms in total. The Morgan fingerprint density at radius 3 is 2.42 bits per heavy atom. The average Bonchev–Trinajstić information content (AvgIpc) is 2.55. The molecule has 1 fully saturated rings. The minimum atomic E-state index is -0.600. The summed E-state index contributed by atoms with van der Waals surface area (Å²) in [5.41, 5.74) is 1.46. The molecule has 1 aliphatic rings. The lowest BCUT2D eigenvalue weighted by Crippen LogP contribution is -2.48. The van der Waals surface area contributed by atoms with Gasteiger partial charge in [0.15, 0.2) is 0 Å². The molecule has 1 aliphatic heterocycles. The molecule has 1 saturated heterocycles. The summed E-state index contributed by atoms with van der Waals surface area (Å²) >= 11 is 0. The van der Waals surface area contributed by atoms with E-state index in [1.54, 1.807) is 31.2 Å². The standard InChI is InChI=1S/C19H20FN3O2.ClH/c1-12-5-4-7-15(18(24)22-11-13-9-21-10-13)17(12)23-19(25)14-6-2-3-8-16(14)20;/h2-8,13,21H,9-11H2,1H3,(H,22,24)(H,23,25);1H. The lowest BCUT2D eigenvalue weighted by atomic mass is 10.0. The van der Waals surface area contributed by atoms with E-state index in [4.69, 9.17) is 0 Å². The number of amides is 2. The number of anilines is 1. The largest absolute Gasteiger partial charge is 0.352 e. The van der Waals surface area contributed by atoms with Crippen molar-refractivity contribution in [1.29, 1.82) is 0 Å². The highest BCUT2D eigenvalue weighted by molar-refractivity contribution is 6.09. The molecule has 3 rings (SSSR count). The topological polar surface area (TPSA) is 70.2 Å². The van der Waals surface area contributed by atoms with Gasteiger partial charge in [0.2, 0.25) is 0 Å². The first-order chi connectivity index (χ1) is 12.1. The van der Waals surface area contributed by atoms with E-state index >= 15 is 0 Å². The maximum atomic E-state index is 13.8. The van der Waals surface area contributed by atoms with Crippen LogP contribution in [-0.2, 0) is 0 Å². The molecule has 0 aliphatic carbocycles. The molecule has 26 heavy (non-hydrogen) atoms. The highest BCUT2D eigenvalue weighted by Gasteiger charge is 2.20. The van der Waals surface area contributed by atoms with Crippen LogP contribution in [0.1, 0.15) is 26.3 Å². The second-order valence-electron chi connectivity index (χ2n) is 6.17. The molecular formula is C19H21ClFN3O2. The van der Waals surface area contributed by atoms with Gasteiger partial charge in [0.25, 0.3) is 11.8 Å². The zero-order valence-corrected chi connectivity index (χ0v) is 15.2. The second-order valence-corrected chi connectivity index (χ2v) is 6.17. The maximum absolute atomic E-state index is 13.8. The van der Waals surface area contributed by atoms with Crippen molar-refractivity contribution in [3.05, 3.63) is 65.0 Å². The van der Waals surface area contributed by atoms with Crippen molar-refractivity contribution in [2.75, 3.05) is 25.0 Å². The maximum Gasteiger partial charge on any atom is 0.258 e. The summed E-state index contributed by atoms with van der Waals surface area (Å²) in [6, 6.07) is 11.0. The van der Waals surface area contributed by atoms with E-state index in [9.17, 15) is 14.0 Å². The van der Waals surface area contributed by atoms with Crippen molar-refractivity contribution < 1.29 is 14.0 Å². The van der Waals surface area contributed by atoms with Crippen LogP contribution < -0.4 is 16.0 Å². The van der Waals surface area contributed by atoms with Gasteiger partial charge in [-0.25, -0.2) is 4.39 Å². The van der Waals surface area contributed by atoms with E-state index in [1.165, 1.54) is 18.2 Å². The third-order valence-electron chi connectivity index (χ3n) is 4.29. The van der Waals surface area contributed by atoms with Gasteiger partial charge in [-0.1, -0.05) is 24.3 Å². The number of benzene rings is 2. The van der Waals surface area contributed by atoms with Gasteiger partial charge in [0.05, 0.1) is 16.8 Å². The minimum absolute atomic E-state index is 0. The summed E-state index contributed by atoms with van der Waals surface area (Å²) in [7, 11) is 0. The van der Waals surface area contributed by atoms with Crippen molar-refractivity contribution in [3.8, 4) is 0 Å². The van der Waals surface area contributed by atoms with E-state index < -0.39 is 11.7 Å². The molecule has 1 heterocycles. The fourth-order valence-electron chi connectivity index (χ4n) is 2.67. The Kier molecular flexibility index (Phi) is 6.71. The van der Waals surface area contributed by atoms with Gasteiger partial charge >= 0.3 is 0 Å². The summed E-state index contributed by atoms with van der Waals surface area (Å²) < 4.78 is 13.8. The molecule has 2 aromatic carbocycles. The van der Waals surface area contributed by atoms with Gasteiger partial charge < -0.3 is 16.0 Å². The quantitative estimate of drug-likeness (QED) is 0.750. The summed E-state index contributed by atoms with van der Waals surface area (Å²) in [4.78, 5) is 24.9. The van der Waals surface area contributed by atoms with E-state index in [2.05, 4.69) is 16.0 Å². The van der Waals surface area contributed by atoms with Crippen molar-refractivity contribution in [2.45, 2.75) is 6.92 Å². The second kappa shape index (κ2) is 8.78. The molecule has 7 heteroatoms. The molecule has 0 atom stereocenters. The first-order valence-corrected chi connectivity index (χ1v) is 8.20. The van der Waals surface area contributed by atoms with Crippen LogP contribution in [0.15, 0.2) is 42.5 Å². The van der Waals surface area contributed by atoms with Crippen molar-refractivity contribution in [2.24, 2.45) is 5.92 Å². The zero-order chi connectivity index (χ0) is 17.8. The zero-order valence-electron chi connectivity index (χ0n) is 14.3. The SMILES string of the molecule is Cc1cccc(C(=O)NCC2CNC2)c1NC(=O)c1ccccc1F.Cl. The van der Waals surface area contributed by atoms with Gasteiger partial charge in [0.1, 0.15) is 5.82 Å². The molecular weight excluding hydrogens is 357 g/mol. The number of halogens is 2. The molecule has 0 bridgehead atoms. The third-order valence-corrected chi connectivity index (χ3v) is 4.29. The number of rotatable bonds is 5. The van der Waals surface area contributed by atoms with E-state index in [1.807, 2.05) is 0 Å². The normalized spacial score (nSPS) is 13.3. The van der Waals surface area contributed by atoms with Crippen molar-refractivity contribution in [1.82, 2.24) is 10.6 Å². The van der Waals surface area contributed by atoms with Gasteiger partial charge in [-0.2, -0.15) is 0 Å². The fourth-order valence-corrected chi connectivity index (χ4v) is 2.67. The number of carbonyl (C=O) groups is 2. The molecule has 2 aromatic rings. The summed E-state index contributed by atoms with van der Waals surface area (Å²) in [6.07, 6.45) is 0. The van der Waals surface area contributed by atoms with Crippen molar-refractivity contribution in [3.63, 3.8) is 0 Å². The number of carbonyl (C=O) groups excluding carboxylic acids is 2. The Balaban J connectivity index is 0.00000243. The van der Waals surface area contributed by atoms with Gasteiger partial charge in [-0.05, 0) is 30.7 Å². The number of hydrogen-bond donors (Lipinski definition) is 3. The van der Waals surface area contributed by atoms with Crippen LogP contribution in [0.2, 0.25) is 0 Å². The van der Waals surface area contributed by atoms with Crippen LogP contribution in [0.25, 0.3) is 0 Å². The predicted octanol–water partition coefficient (Wildman–Crippen LogP) is 2.76. The Morgan fingerprint density at radius 1 is 1.08 bits per heavy atom. The van der Waals surface area contributed by atoms with Crippen LogP contribution >= 0.6 is 12.4 Å². The summed E-state index contributed by atoms with van der Waals surface area (Å²) in [6.45, 7) is 4.17. The highest BCUT2D eigenvalue weighted by Crippen LogP contribution is 2.22. The monoisotopic (exact) mass is 377 g/mol. The smallest absolute Gasteiger partial charge is 0.258 e. The Bertz CT molecular complexity index is 809. The molecule has 3 N–H and O–H groups in total. The Morgan fingerprint density at radius 2 is 1.77 bits per heavy atom. The van der Waals surface area contributed by atoms with Crippen LogP contribution in [0.5, 0.6) is 0 Å². The Labute approximate surface area is 157 Å². The molecule has 2 amide bonds. The van der Waals surface area contributed by atoms with Gasteiger partial charge in [-0.15, -0.1) is 12.4 Å². The predicted molar refractivity (Wildman–Crippen MR) is 101 cm³/mol. The number of para-hydroxylation sites is 1. The number of nitrogens with one attached hydrogen (secondary N) is 3. The number of hydrogen-bond acceptors (Lipinski definition) is 3. The lowest BCUT2D eigenvalue weighted by Gasteiger charge is -2.27.